The number of anilines is 1. The average molecular weight is 348 g/mol. The standard InChI is InChI=1S/C22H24N2O2/c1-25-21-13-12-17(14-22(21)26-19-7-3-4-8-19)23-15-18-11-10-16-6-2-5-9-20(16)24-18/h2,5-6,9-14,19,23H,3-4,7-8,15H2,1H3. The second-order valence-electron chi connectivity index (χ2n) is 6.74. The van der Waals surface area contributed by atoms with Crippen LogP contribution in [-0.2, 0) is 6.54 Å². The molecule has 0 aliphatic heterocycles. The van der Waals surface area contributed by atoms with Crippen LogP contribution >= 0.6 is 0 Å². The van der Waals surface area contributed by atoms with Gasteiger partial charge in [0.05, 0.1) is 31.0 Å². The van der Waals surface area contributed by atoms with Gasteiger partial charge in [-0.3, -0.25) is 4.98 Å². The topological polar surface area (TPSA) is 43.4 Å². The van der Waals surface area contributed by atoms with Gasteiger partial charge in [-0.05, 0) is 49.9 Å². The Morgan fingerprint density at radius 1 is 1.00 bits per heavy atom. The first kappa shape index (κ1) is 16.7. The van der Waals surface area contributed by atoms with Crippen LogP contribution in [0.25, 0.3) is 10.9 Å². The highest BCUT2D eigenvalue weighted by atomic mass is 16.5. The van der Waals surface area contributed by atoms with Crippen molar-refractivity contribution in [2.24, 2.45) is 0 Å². The number of benzene rings is 2. The molecule has 0 atom stereocenters. The number of hydrogen-bond donors (Lipinski definition) is 1. The summed E-state index contributed by atoms with van der Waals surface area (Å²) < 4.78 is 11.6. The van der Waals surface area contributed by atoms with Crippen LogP contribution in [0.15, 0.2) is 54.6 Å². The van der Waals surface area contributed by atoms with Gasteiger partial charge in [-0.15, -0.1) is 0 Å². The second kappa shape index (κ2) is 7.65. The molecule has 26 heavy (non-hydrogen) atoms. The number of nitrogens with one attached hydrogen (secondary N) is 1. The van der Waals surface area contributed by atoms with E-state index in [1.807, 2.05) is 36.4 Å². The smallest absolute Gasteiger partial charge is 0.163 e. The van der Waals surface area contributed by atoms with Crippen LogP contribution in [-0.4, -0.2) is 18.2 Å². The van der Waals surface area contributed by atoms with E-state index in [9.17, 15) is 0 Å². The van der Waals surface area contributed by atoms with E-state index in [1.165, 1.54) is 12.8 Å². The van der Waals surface area contributed by atoms with Crippen LogP contribution in [0.5, 0.6) is 11.5 Å². The largest absolute Gasteiger partial charge is 0.493 e. The molecule has 1 saturated carbocycles. The van der Waals surface area contributed by atoms with Crippen molar-refractivity contribution in [1.29, 1.82) is 0 Å². The van der Waals surface area contributed by atoms with E-state index >= 15 is 0 Å². The minimum atomic E-state index is 0.307. The molecule has 3 aromatic rings. The van der Waals surface area contributed by atoms with Crippen molar-refractivity contribution in [2.75, 3.05) is 12.4 Å². The maximum absolute atomic E-state index is 6.17. The molecule has 1 heterocycles. The minimum Gasteiger partial charge on any atom is -0.493 e. The summed E-state index contributed by atoms with van der Waals surface area (Å²) in [6, 6.07) is 18.3. The molecule has 4 rings (SSSR count). The molecule has 1 N–H and O–H groups in total. The Morgan fingerprint density at radius 2 is 1.85 bits per heavy atom. The molecule has 4 heteroatoms. The summed E-state index contributed by atoms with van der Waals surface area (Å²) in [5.74, 6) is 1.60. The zero-order chi connectivity index (χ0) is 17.8. The lowest BCUT2D eigenvalue weighted by Gasteiger charge is -2.17. The van der Waals surface area contributed by atoms with Gasteiger partial charge < -0.3 is 14.8 Å². The number of aromatic nitrogens is 1. The van der Waals surface area contributed by atoms with Crippen LogP contribution < -0.4 is 14.8 Å². The Balaban J connectivity index is 1.48. The molecule has 0 bridgehead atoms. The van der Waals surface area contributed by atoms with Gasteiger partial charge in [0.1, 0.15) is 0 Å². The molecule has 0 unspecified atom stereocenters. The Labute approximate surface area is 154 Å². The summed E-state index contributed by atoms with van der Waals surface area (Å²) in [4.78, 5) is 4.71. The fourth-order valence-electron chi connectivity index (χ4n) is 3.46. The monoisotopic (exact) mass is 348 g/mol. The van der Waals surface area contributed by atoms with Gasteiger partial charge in [0.2, 0.25) is 0 Å². The molecule has 2 aromatic carbocycles. The first-order chi connectivity index (χ1) is 12.8. The summed E-state index contributed by atoms with van der Waals surface area (Å²) in [5.41, 5.74) is 3.04. The van der Waals surface area contributed by atoms with Gasteiger partial charge in [0.25, 0.3) is 0 Å². The van der Waals surface area contributed by atoms with Crippen LogP contribution in [0, 0.1) is 0 Å². The Morgan fingerprint density at radius 3 is 2.69 bits per heavy atom. The number of pyridine rings is 1. The van der Waals surface area contributed by atoms with E-state index in [-0.39, 0.29) is 0 Å². The molecule has 0 amide bonds. The summed E-state index contributed by atoms with van der Waals surface area (Å²) >= 11 is 0. The van der Waals surface area contributed by atoms with Gasteiger partial charge in [-0.25, -0.2) is 0 Å². The molecular weight excluding hydrogens is 324 g/mol. The number of fused-ring (bicyclic) bond motifs is 1. The summed E-state index contributed by atoms with van der Waals surface area (Å²) in [6.45, 7) is 0.667. The van der Waals surface area contributed by atoms with Gasteiger partial charge in [-0.1, -0.05) is 24.3 Å². The molecule has 0 saturated heterocycles. The molecule has 1 aliphatic carbocycles. The Bertz CT molecular complexity index is 888. The fraction of sp³-hybridized carbons (Fsp3) is 0.318. The normalized spacial score (nSPS) is 14.5. The predicted octanol–water partition coefficient (Wildman–Crippen LogP) is 5.18. The predicted molar refractivity (Wildman–Crippen MR) is 105 cm³/mol. The van der Waals surface area contributed by atoms with E-state index in [4.69, 9.17) is 14.5 Å². The lowest BCUT2D eigenvalue weighted by Crippen LogP contribution is -2.12. The molecule has 1 fully saturated rings. The van der Waals surface area contributed by atoms with Crippen molar-refractivity contribution in [2.45, 2.75) is 38.3 Å². The van der Waals surface area contributed by atoms with E-state index in [0.29, 0.717) is 12.6 Å². The molecule has 0 radical (unpaired) electrons. The maximum Gasteiger partial charge on any atom is 0.163 e. The number of methoxy groups -OCH3 is 1. The summed E-state index contributed by atoms with van der Waals surface area (Å²) in [5, 5.41) is 4.60. The van der Waals surface area contributed by atoms with Gasteiger partial charge in [0, 0.05) is 17.1 Å². The lowest BCUT2D eigenvalue weighted by atomic mass is 10.2. The zero-order valence-electron chi connectivity index (χ0n) is 15.1. The van der Waals surface area contributed by atoms with Crippen molar-refractivity contribution in [3.8, 4) is 11.5 Å². The highest BCUT2D eigenvalue weighted by Gasteiger charge is 2.18. The summed E-state index contributed by atoms with van der Waals surface area (Å²) in [6.07, 6.45) is 5.06. The third-order valence-corrected chi connectivity index (χ3v) is 4.89. The number of nitrogens with zero attached hydrogens (tertiary/aromatic N) is 1. The highest BCUT2D eigenvalue weighted by Crippen LogP contribution is 2.34. The maximum atomic E-state index is 6.17. The number of ether oxygens (including phenoxy) is 2. The molecule has 0 spiro atoms. The van der Waals surface area contributed by atoms with Crippen molar-refractivity contribution < 1.29 is 9.47 Å². The Hall–Kier alpha value is -2.75. The van der Waals surface area contributed by atoms with Crippen molar-refractivity contribution in [3.05, 3.63) is 60.3 Å². The van der Waals surface area contributed by atoms with Gasteiger partial charge in [-0.2, -0.15) is 0 Å². The van der Waals surface area contributed by atoms with Crippen molar-refractivity contribution >= 4 is 16.6 Å². The van der Waals surface area contributed by atoms with Crippen LogP contribution in [0.1, 0.15) is 31.4 Å². The fourth-order valence-corrected chi connectivity index (χ4v) is 3.46. The van der Waals surface area contributed by atoms with Crippen LogP contribution in [0.4, 0.5) is 5.69 Å². The molecule has 134 valence electrons. The van der Waals surface area contributed by atoms with Gasteiger partial charge >= 0.3 is 0 Å². The number of para-hydroxylation sites is 1. The van der Waals surface area contributed by atoms with E-state index in [2.05, 4.69) is 23.5 Å². The average Bonchev–Trinajstić information content (AvgIpc) is 3.19. The lowest BCUT2D eigenvalue weighted by molar-refractivity contribution is 0.201. The van der Waals surface area contributed by atoms with Crippen molar-refractivity contribution in [3.63, 3.8) is 0 Å². The van der Waals surface area contributed by atoms with E-state index < -0.39 is 0 Å². The number of rotatable bonds is 6. The minimum absolute atomic E-state index is 0.307. The molecule has 4 nitrogen and oxygen atoms in total. The first-order valence-corrected chi connectivity index (χ1v) is 9.25. The van der Waals surface area contributed by atoms with Crippen LogP contribution in [0.2, 0.25) is 0 Å². The van der Waals surface area contributed by atoms with Crippen LogP contribution in [0.3, 0.4) is 0 Å². The summed E-state index contributed by atoms with van der Waals surface area (Å²) in [7, 11) is 1.68. The number of hydrogen-bond acceptors (Lipinski definition) is 4. The molecule has 1 aliphatic rings. The van der Waals surface area contributed by atoms with Gasteiger partial charge in [0.15, 0.2) is 11.5 Å². The Kier molecular flexibility index (Phi) is 4.91. The third kappa shape index (κ3) is 3.74. The zero-order valence-corrected chi connectivity index (χ0v) is 15.1. The van der Waals surface area contributed by atoms with E-state index in [0.717, 1.165) is 46.6 Å². The SMILES string of the molecule is COc1ccc(NCc2ccc3ccccc3n2)cc1OC1CCCC1. The second-order valence-corrected chi connectivity index (χ2v) is 6.74. The quantitative estimate of drug-likeness (QED) is 0.667. The third-order valence-electron chi connectivity index (χ3n) is 4.89. The molecule has 1 aromatic heterocycles. The highest BCUT2D eigenvalue weighted by molar-refractivity contribution is 5.78. The molecular formula is C22H24N2O2. The first-order valence-electron chi connectivity index (χ1n) is 9.25. The van der Waals surface area contributed by atoms with Crippen molar-refractivity contribution in [1.82, 2.24) is 4.98 Å². The van der Waals surface area contributed by atoms with E-state index in [1.54, 1.807) is 7.11 Å².